The van der Waals surface area contributed by atoms with Gasteiger partial charge in [0.15, 0.2) is 5.82 Å². The van der Waals surface area contributed by atoms with Gasteiger partial charge in [-0.25, -0.2) is 9.67 Å². The van der Waals surface area contributed by atoms with Gasteiger partial charge >= 0.3 is 0 Å². The maximum Gasteiger partial charge on any atom is 0.249 e. The van der Waals surface area contributed by atoms with E-state index in [0.717, 1.165) is 11.4 Å². The first kappa shape index (κ1) is 16.2. The molecule has 22 heavy (non-hydrogen) atoms. The molecule has 0 saturated heterocycles. The van der Waals surface area contributed by atoms with E-state index < -0.39 is 6.10 Å². The summed E-state index contributed by atoms with van der Waals surface area (Å²) in [6.45, 7) is 6.88. The van der Waals surface area contributed by atoms with Crippen LogP contribution >= 0.6 is 0 Å². The second-order valence-corrected chi connectivity index (χ2v) is 5.56. The summed E-state index contributed by atoms with van der Waals surface area (Å²) in [4.78, 5) is 16.2. The van der Waals surface area contributed by atoms with Crippen LogP contribution in [0.4, 0.5) is 0 Å². The zero-order valence-corrected chi connectivity index (χ0v) is 13.2. The van der Waals surface area contributed by atoms with Crippen LogP contribution in [0, 0.1) is 5.92 Å². The molecule has 0 radical (unpaired) electrons. The molecule has 0 fully saturated rings. The van der Waals surface area contributed by atoms with Crippen molar-refractivity contribution in [1.82, 2.24) is 20.1 Å². The first-order valence-corrected chi connectivity index (χ1v) is 7.40. The maximum atomic E-state index is 12.0. The average Bonchev–Trinajstić information content (AvgIpc) is 3.05. The zero-order chi connectivity index (χ0) is 15.9. The molecule has 0 aliphatic carbocycles. The van der Waals surface area contributed by atoms with Crippen molar-refractivity contribution in [3.05, 3.63) is 42.4 Å². The number of nitrogens with one attached hydrogen (secondary N) is 1. The summed E-state index contributed by atoms with van der Waals surface area (Å²) in [7, 11) is 0. The van der Waals surface area contributed by atoms with E-state index in [1.807, 2.05) is 24.4 Å². The third-order valence-corrected chi connectivity index (χ3v) is 3.06. The third kappa shape index (κ3) is 4.66. The monoisotopic (exact) mass is 302 g/mol. The van der Waals surface area contributed by atoms with Gasteiger partial charge in [0.2, 0.25) is 5.91 Å². The Hall–Kier alpha value is -2.21. The Morgan fingerprint density at radius 1 is 1.36 bits per heavy atom. The molecule has 0 aliphatic rings. The van der Waals surface area contributed by atoms with Gasteiger partial charge in [0.05, 0.1) is 0 Å². The summed E-state index contributed by atoms with van der Waals surface area (Å²) in [6, 6.07) is 5.60. The number of nitrogens with zero attached hydrogens (tertiary/aromatic N) is 3. The number of hydrogen-bond acceptors (Lipinski definition) is 4. The van der Waals surface area contributed by atoms with Crippen LogP contribution in [0.3, 0.4) is 0 Å². The van der Waals surface area contributed by atoms with Crippen LogP contribution in [-0.4, -0.2) is 33.4 Å². The SMILES string of the molecule is CC(C)COC(C)C(=O)NCc1ccnc(-n2cccn2)c1. The second kappa shape index (κ2) is 7.70. The fourth-order valence-electron chi connectivity index (χ4n) is 1.85. The highest BCUT2D eigenvalue weighted by atomic mass is 16.5. The number of amides is 1. The van der Waals surface area contributed by atoms with Gasteiger partial charge in [-0.2, -0.15) is 5.10 Å². The van der Waals surface area contributed by atoms with Gasteiger partial charge < -0.3 is 10.1 Å². The van der Waals surface area contributed by atoms with E-state index in [-0.39, 0.29) is 5.91 Å². The summed E-state index contributed by atoms with van der Waals surface area (Å²) in [6.07, 6.45) is 4.78. The largest absolute Gasteiger partial charge is 0.368 e. The van der Waals surface area contributed by atoms with Crippen LogP contribution in [-0.2, 0) is 16.1 Å². The predicted octanol–water partition coefficient (Wildman–Crippen LogP) is 1.94. The molecule has 0 bridgehead atoms. The number of pyridine rings is 1. The van der Waals surface area contributed by atoms with Gasteiger partial charge in [-0.05, 0) is 36.6 Å². The predicted molar refractivity (Wildman–Crippen MR) is 83.5 cm³/mol. The van der Waals surface area contributed by atoms with Crippen molar-refractivity contribution in [2.24, 2.45) is 5.92 Å². The van der Waals surface area contributed by atoms with Gasteiger partial charge in [0.25, 0.3) is 0 Å². The van der Waals surface area contributed by atoms with Gasteiger partial charge in [-0.3, -0.25) is 4.79 Å². The first-order valence-electron chi connectivity index (χ1n) is 7.40. The van der Waals surface area contributed by atoms with E-state index in [2.05, 4.69) is 29.2 Å². The molecular formula is C16H22N4O2. The minimum Gasteiger partial charge on any atom is -0.368 e. The molecule has 2 aromatic heterocycles. The van der Waals surface area contributed by atoms with Crippen molar-refractivity contribution in [2.75, 3.05) is 6.61 Å². The molecule has 0 aromatic carbocycles. The molecular weight excluding hydrogens is 280 g/mol. The first-order chi connectivity index (χ1) is 10.6. The van der Waals surface area contributed by atoms with E-state index in [9.17, 15) is 4.79 Å². The summed E-state index contributed by atoms with van der Waals surface area (Å²) >= 11 is 0. The Morgan fingerprint density at radius 3 is 2.86 bits per heavy atom. The van der Waals surface area contributed by atoms with Crippen LogP contribution in [0.2, 0.25) is 0 Å². The summed E-state index contributed by atoms with van der Waals surface area (Å²) in [5, 5.41) is 7.01. The Balaban J connectivity index is 1.89. The van der Waals surface area contributed by atoms with Crippen molar-refractivity contribution in [2.45, 2.75) is 33.4 Å². The molecule has 6 nitrogen and oxygen atoms in total. The highest BCUT2D eigenvalue weighted by Crippen LogP contribution is 2.06. The van der Waals surface area contributed by atoms with Crippen molar-refractivity contribution in [1.29, 1.82) is 0 Å². The molecule has 0 spiro atoms. The van der Waals surface area contributed by atoms with Crippen LogP contribution in [0.1, 0.15) is 26.3 Å². The van der Waals surface area contributed by atoms with E-state index in [4.69, 9.17) is 4.74 Å². The highest BCUT2D eigenvalue weighted by Gasteiger charge is 2.13. The maximum absolute atomic E-state index is 12.0. The Kier molecular flexibility index (Phi) is 5.66. The van der Waals surface area contributed by atoms with Crippen LogP contribution in [0.25, 0.3) is 5.82 Å². The van der Waals surface area contributed by atoms with Gasteiger partial charge in [-0.1, -0.05) is 13.8 Å². The number of rotatable bonds is 7. The lowest BCUT2D eigenvalue weighted by Crippen LogP contribution is -2.34. The fourth-order valence-corrected chi connectivity index (χ4v) is 1.85. The minimum absolute atomic E-state index is 0.113. The molecule has 0 aliphatic heterocycles. The van der Waals surface area contributed by atoms with Crippen molar-refractivity contribution in [3.8, 4) is 5.82 Å². The molecule has 1 N–H and O–H groups in total. The molecule has 0 saturated carbocycles. The molecule has 2 aromatic rings. The summed E-state index contributed by atoms with van der Waals surface area (Å²) in [5.74, 6) is 1.02. The van der Waals surface area contributed by atoms with Crippen LogP contribution in [0.5, 0.6) is 0 Å². The molecule has 1 amide bonds. The summed E-state index contributed by atoms with van der Waals surface area (Å²) < 4.78 is 7.18. The summed E-state index contributed by atoms with van der Waals surface area (Å²) in [5.41, 5.74) is 0.963. The Morgan fingerprint density at radius 2 is 2.18 bits per heavy atom. The topological polar surface area (TPSA) is 69.0 Å². The molecule has 2 rings (SSSR count). The molecule has 118 valence electrons. The van der Waals surface area contributed by atoms with Crippen LogP contribution < -0.4 is 5.32 Å². The average molecular weight is 302 g/mol. The Labute approximate surface area is 130 Å². The van der Waals surface area contributed by atoms with Gasteiger partial charge in [0, 0.05) is 31.7 Å². The van der Waals surface area contributed by atoms with Gasteiger partial charge in [-0.15, -0.1) is 0 Å². The lowest BCUT2D eigenvalue weighted by atomic mass is 10.2. The number of carbonyl (C=O) groups is 1. The van der Waals surface area contributed by atoms with Crippen molar-refractivity contribution < 1.29 is 9.53 Å². The minimum atomic E-state index is -0.449. The number of aromatic nitrogens is 3. The van der Waals surface area contributed by atoms with Crippen molar-refractivity contribution in [3.63, 3.8) is 0 Å². The van der Waals surface area contributed by atoms with E-state index >= 15 is 0 Å². The number of carbonyl (C=O) groups excluding carboxylic acids is 1. The van der Waals surface area contributed by atoms with E-state index in [1.54, 1.807) is 24.0 Å². The van der Waals surface area contributed by atoms with Gasteiger partial charge in [0.1, 0.15) is 6.10 Å². The van der Waals surface area contributed by atoms with E-state index in [0.29, 0.717) is 19.1 Å². The lowest BCUT2D eigenvalue weighted by molar-refractivity contribution is -0.132. The fraction of sp³-hybridized carbons (Fsp3) is 0.438. The second-order valence-electron chi connectivity index (χ2n) is 5.56. The lowest BCUT2D eigenvalue weighted by Gasteiger charge is -2.15. The Bertz CT molecular complexity index is 596. The molecule has 1 atom stereocenters. The standard InChI is InChI=1S/C16H22N4O2/c1-12(2)11-22-13(3)16(21)18-10-14-5-7-17-15(9-14)20-8-4-6-19-20/h4-9,12-13H,10-11H2,1-3H3,(H,18,21). The van der Waals surface area contributed by atoms with E-state index in [1.165, 1.54) is 0 Å². The quantitative estimate of drug-likeness (QED) is 0.848. The van der Waals surface area contributed by atoms with Crippen LogP contribution in [0.15, 0.2) is 36.8 Å². The third-order valence-electron chi connectivity index (χ3n) is 3.06. The van der Waals surface area contributed by atoms with Crippen molar-refractivity contribution >= 4 is 5.91 Å². The number of ether oxygens (including phenoxy) is 1. The smallest absolute Gasteiger partial charge is 0.249 e. The molecule has 1 unspecified atom stereocenters. The normalized spacial score (nSPS) is 12.4. The highest BCUT2D eigenvalue weighted by molar-refractivity contribution is 5.80. The number of hydrogen-bond donors (Lipinski definition) is 1. The zero-order valence-electron chi connectivity index (χ0n) is 13.2. The molecule has 2 heterocycles. The molecule has 6 heteroatoms.